The fourth-order valence-electron chi connectivity index (χ4n) is 6.55. The summed E-state index contributed by atoms with van der Waals surface area (Å²) in [7, 11) is -10.1. The first kappa shape index (κ1) is 49.9. The molecule has 1 aliphatic heterocycles. The van der Waals surface area contributed by atoms with E-state index >= 15 is 0 Å². The quantitative estimate of drug-likeness (QED) is 0.0454. The number of carbonyl (C=O) groups is 5. The van der Waals surface area contributed by atoms with E-state index in [4.69, 9.17) is 38.4 Å². The van der Waals surface area contributed by atoms with Crippen LogP contribution in [0.5, 0.6) is 28.7 Å². The van der Waals surface area contributed by atoms with Crippen LogP contribution in [0.2, 0.25) is 0 Å². The molecule has 1 unspecified atom stereocenters. The number of hydrogen-bond acceptors (Lipinski definition) is 13. The van der Waals surface area contributed by atoms with Crippen LogP contribution in [0.25, 0.3) is 0 Å². The van der Waals surface area contributed by atoms with E-state index in [-0.39, 0.29) is 0 Å². The SMILES string of the molecule is CCc1ccc(OP2(Cl)=NP(Oc3ccc(CC)cc3C(=O)O)(Oc3ccc(CC)cc3C(=O)O)=NP(Oc3ccc(CC)cc3C(=O)O)(Oc3ccc(CC)cc3C(=O)O)=N2)c(C(=O)O)c1. The normalized spacial score (nSPS) is 15.7. The zero-order valence-electron chi connectivity index (χ0n) is 36.6. The van der Waals surface area contributed by atoms with Crippen molar-refractivity contribution in [2.45, 2.75) is 66.7 Å². The molecule has 0 radical (unpaired) electrons. The average Bonchev–Trinajstić information content (AvgIpc) is 3.28. The van der Waals surface area contributed by atoms with E-state index in [1.54, 1.807) is 40.7 Å². The van der Waals surface area contributed by atoms with E-state index in [2.05, 4.69) is 9.03 Å². The van der Waals surface area contributed by atoms with Gasteiger partial charge in [0.15, 0.2) is 0 Å². The number of aryl methyl sites for hydroxylation is 5. The van der Waals surface area contributed by atoms with Gasteiger partial charge in [0, 0.05) is 0 Å². The van der Waals surface area contributed by atoms with Crippen LogP contribution in [-0.2, 0) is 32.1 Å². The highest BCUT2D eigenvalue weighted by Crippen LogP contribution is 2.80. The Morgan fingerprint density at radius 3 is 0.836 bits per heavy atom. The van der Waals surface area contributed by atoms with Gasteiger partial charge in [-0.15, -0.1) is 9.03 Å². The topological polar surface area (TPSA) is 270 Å². The van der Waals surface area contributed by atoms with Gasteiger partial charge in [-0.25, -0.2) is 24.0 Å². The third-order valence-corrected chi connectivity index (χ3v) is 19.1. The van der Waals surface area contributed by atoms with Crippen LogP contribution < -0.4 is 22.6 Å². The summed E-state index contributed by atoms with van der Waals surface area (Å²) in [4.78, 5) is 64.5. The molecule has 0 bridgehead atoms. The molecule has 5 aromatic carbocycles. The Morgan fingerprint density at radius 1 is 0.388 bits per heavy atom. The Morgan fingerprint density at radius 2 is 0.612 bits per heavy atom. The molecule has 352 valence electrons. The number of aromatic carboxylic acids is 5. The molecule has 5 aromatic rings. The zero-order chi connectivity index (χ0) is 48.8. The van der Waals surface area contributed by atoms with Crippen molar-refractivity contribution in [1.29, 1.82) is 0 Å². The van der Waals surface area contributed by atoms with Crippen molar-refractivity contribution in [3.05, 3.63) is 147 Å². The molecule has 0 amide bonds. The second kappa shape index (κ2) is 20.5. The Hall–Kier alpha value is -6.57. The summed E-state index contributed by atoms with van der Waals surface area (Å²) < 4.78 is 46.6. The lowest BCUT2D eigenvalue weighted by Gasteiger charge is -2.32. The number of carboxylic acids is 5. The highest BCUT2D eigenvalue weighted by atomic mass is 35.7. The van der Waals surface area contributed by atoms with Gasteiger partial charge in [0.1, 0.15) is 56.6 Å². The van der Waals surface area contributed by atoms with Gasteiger partial charge in [-0.1, -0.05) is 69.5 Å². The van der Waals surface area contributed by atoms with Crippen molar-refractivity contribution >= 4 is 63.2 Å². The molecule has 6 rings (SSSR count). The maximum absolute atomic E-state index is 12.9. The third-order valence-electron chi connectivity index (χ3n) is 10.2. The monoisotopic (exact) mass is 995 g/mol. The number of rotatable bonds is 20. The number of carboxylic acid groups (broad SMARTS) is 5. The summed E-state index contributed by atoms with van der Waals surface area (Å²) in [5, 5.41) is 52.4. The minimum Gasteiger partial charge on any atom is -0.478 e. The summed E-state index contributed by atoms with van der Waals surface area (Å²) >= 11 is 7.47. The van der Waals surface area contributed by atoms with Crippen LogP contribution in [0.3, 0.4) is 0 Å². The largest absolute Gasteiger partial charge is 0.478 e. The predicted octanol–water partition coefficient (Wildman–Crippen LogP) is 12.8. The summed E-state index contributed by atoms with van der Waals surface area (Å²) in [6.07, 6.45) is 1.99. The molecule has 0 spiro atoms. The Bertz CT molecular complexity index is 2730. The zero-order valence-corrected chi connectivity index (χ0v) is 40.0. The standard InChI is InChI=1S/C45H45ClN3O15P3/c1-6-26-11-16-36(31(21-26)41(50)51)60-65(46)47-66(61-37-17-12-27(7-2)22-32(37)42(52)53,62-38-18-13-28(8-3)23-33(38)43(54)55)49-67(48-65,63-39-19-14-29(9-4)24-34(39)44(56)57)64-40-20-15-30(10-5)25-35(40)45(58)59/h11-25H,6-10H2,1-5H3,(H,50,51)(H,52,53)(H,54,55)(H,56,57)(H,58,59). The molecule has 18 nitrogen and oxygen atoms in total. The summed E-state index contributed by atoms with van der Waals surface area (Å²) in [5.41, 5.74) is 0.705. The molecule has 0 aliphatic carbocycles. The first-order valence-corrected chi connectivity index (χ1v) is 26.3. The van der Waals surface area contributed by atoms with Crippen molar-refractivity contribution in [1.82, 2.24) is 0 Å². The molecule has 0 saturated heterocycles. The first-order chi connectivity index (χ1) is 31.8. The van der Waals surface area contributed by atoms with Gasteiger partial charge in [-0.2, -0.15) is 0 Å². The Kier molecular flexibility index (Phi) is 15.3. The van der Waals surface area contributed by atoms with Gasteiger partial charge in [0.25, 0.3) is 0 Å². The van der Waals surface area contributed by atoms with Crippen molar-refractivity contribution in [2.24, 2.45) is 13.5 Å². The first-order valence-electron chi connectivity index (χ1n) is 20.7. The van der Waals surface area contributed by atoms with Gasteiger partial charge in [0.05, 0.1) is 0 Å². The van der Waals surface area contributed by atoms with Crippen molar-refractivity contribution in [3.63, 3.8) is 0 Å². The van der Waals surface area contributed by atoms with E-state index in [0.717, 1.165) is 0 Å². The number of nitrogens with zero attached hydrogens (tertiary/aromatic N) is 3. The molecule has 1 atom stereocenters. The molecule has 0 aromatic heterocycles. The van der Waals surface area contributed by atoms with Crippen molar-refractivity contribution in [2.75, 3.05) is 0 Å². The van der Waals surface area contributed by atoms with Gasteiger partial charge in [-0.3, -0.25) is 0 Å². The van der Waals surface area contributed by atoms with Crippen molar-refractivity contribution < 1.29 is 72.1 Å². The lowest BCUT2D eigenvalue weighted by Crippen LogP contribution is -2.13. The second-order valence-corrected chi connectivity index (χ2v) is 21.9. The van der Waals surface area contributed by atoms with Crippen LogP contribution in [-0.4, -0.2) is 55.4 Å². The second-order valence-electron chi connectivity index (χ2n) is 14.6. The van der Waals surface area contributed by atoms with E-state index in [1.165, 1.54) is 84.9 Å². The maximum Gasteiger partial charge on any atom is 0.459 e. The lowest BCUT2D eigenvalue weighted by atomic mass is 10.1. The summed E-state index contributed by atoms with van der Waals surface area (Å²) in [6, 6.07) is 20.7. The molecule has 0 fully saturated rings. The maximum atomic E-state index is 12.9. The molecule has 1 heterocycles. The minimum absolute atomic E-state index is 0.394. The molecule has 22 heteroatoms. The number of benzene rings is 5. The van der Waals surface area contributed by atoms with Crippen LogP contribution in [0.15, 0.2) is 105 Å². The molecule has 67 heavy (non-hydrogen) atoms. The van der Waals surface area contributed by atoms with Gasteiger partial charge in [-0.05, 0) is 132 Å². The molecular weight excluding hydrogens is 951 g/mol. The van der Waals surface area contributed by atoms with Gasteiger partial charge in [0.2, 0.25) is 0 Å². The van der Waals surface area contributed by atoms with Crippen molar-refractivity contribution in [3.8, 4) is 28.7 Å². The molecule has 1 aliphatic rings. The lowest BCUT2D eigenvalue weighted by molar-refractivity contribution is 0.0682. The molecule has 5 N–H and O–H groups in total. The fourth-order valence-corrected chi connectivity index (χ4v) is 16.7. The summed E-state index contributed by atoms with van der Waals surface area (Å²) in [5.74, 6) is -9.52. The smallest absolute Gasteiger partial charge is 0.459 e. The van der Waals surface area contributed by atoms with Crippen LogP contribution >= 0.6 is 33.3 Å². The van der Waals surface area contributed by atoms with Gasteiger partial charge >= 0.3 is 51.9 Å². The highest BCUT2D eigenvalue weighted by molar-refractivity contribution is 7.94. The Balaban J connectivity index is 1.83. The summed E-state index contributed by atoms with van der Waals surface area (Å²) in [6.45, 7) is 4.12. The highest BCUT2D eigenvalue weighted by Gasteiger charge is 2.48. The average molecular weight is 996 g/mol. The van der Waals surface area contributed by atoms with Gasteiger partial charge < -0.3 is 48.2 Å². The number of hydrogen-bond donors (Lipinski definition) is 5. The minimum atomic E-state index is -5.05. The van der Waals surface area contributed by atoms with E-state index in [1.807, 2.05) is 0 Å². The van der Waals surface area contributed by atoms with Crippen LogP contribution in [0.1, 0.15) is 114 Å². The predicted molar refractivity (Wildman–Crippen MR) is 251 cm³/mol. The van der Waals surface area contributed by atoms with E-state index in [9.17, 15) is 49.5 Å². The van der Waals surface area contributed by atoms with E-state index in [0.29, 0.717) is 59.9 Å². The Labute approximate surface area is 389 Å². The fraction of sp³-hybridized carbons (Fsp3) is 0.222. The number of halogens is 1. The molecule has 0 saturated carbocycles. The van der Waals surface area contributed by atoms with E-state index < -0.39 is 109 Å². The van der Waals surface area contributed by atoms with Crippen LogP contribution in [0.4, 0.5) is 0 Å². The van der Waals surface area contributed by atoms with Crippen LogP contribution in [0, 0.1) is 0 Å². The third kappa shape index (κ3) is 11.3. The molecular formula is C45H45ClN3O15P3.